The molecule has 0 aliphatic rings. The Balaban J connectivity index is 2.02. The van der Waals surface area contributed by atoms with Gasteiger partial charge in [0, 0.05) is 15.7 Å². The molecule has 0 atom stereocenters. The molecule has 0 bridgehead atoms. The first-order chi connectivity index (χ1) is 7.75. The van der Waals surface area contributed by atoms with Crippen LogP contribution >= 0.6 is 15.9 Å². The molecule has 0 heterocycles. The van der Waals surface area contributed by atoms with Gasteiger partial charge in [-0.2, -0.15) is 0 Å². The Morgan fingerprint density at radius 3 is 2.38 bits per heavy atom. The van der Waals surface area contributed by atoms with Crippen LogP contribution in [0.25, 0.3) is 0 Å². The summed E-state index contributed by atoms with van der Waals surface area (Å²) in [5.74, 6) is 0.824. The highest BCUT2D eigenvalue weighted by Crippen LogP contribution is 2.19. The normalized spacial score (nSPS) is 10.1. The number of benzene rings is 2. The summed E-state index contributed by atoms with van der Waals surface area (Å²) in [6.45, 7) is 0.547. The maximum absolute atomic E-state index is 5.64. The Hall–Kier alpha value is -1.48. The highest BCUT2D eigenvalue weighted by atomic mass is 79.9. The molecular weight excluding hydrogens is 266 g/mol. The van der Waals surface area contributed by atoms with Gasteiger partial charge in [-0.1, -0.05) is 34.1 Å². The number of nitrogen functional groups attached to an aromatic ring is 1. The lowest BCUT2D eigenvalue weighted by atomic mass is 10.2. The maximum atomic E-state index is 5.64. The summed E-state index contributed by atoms with van der Waals surface area (Å²) < 4.78 is 6.70. The van der Waals surface area contributed by atoms with Gasteiger partial charge in [-0.05, 0) is 30.3 Å². The third-order valence-corrected chi connectivity index (χ3v) is 3.01. The van der Waals surface area contributed by atoms with Crippen LogP contribution in [0.15, 0.2) is 53.0 Å². The molecule has 16 heavy (non-hydrogen) atoms. The van der Waals surface area contributed by atoms with Crippen LogP contribution in [0.2, 0.25) is 0 Å². The molecule has 2 rings (SSSR count). The van der Waals surface area contributed by atoms with Gasteiger partial charge in [0.2, 0.25) is 0 Å². The van der Waals surface area contributed by atoms with Crippen LogP contribution in [0.1, 0.15) is 5.56 Å². The van der Waals surface area contributed by atoms with E-state index in [2.05, 4.69) is 15.9 Å². The summed E-state index contributed by atoms with van der Waals surface area (Å²) in [6, 6.07) is 15.4. The van der Waals surface area contributed by atoms with Crippen LogP contribution in [-0.4, -0.2) is 0 Å². The van der Waals surface area contributed by atoms with E-state index in [1.54, 1.807) is 0 Å². The van der Waals surface area contributed by atoms with E-state index < -0.39 is 0 Å². The van der Waals surface area contributed by atoms with Crippen molar-refractivity contribution in [3.05, 3.63) is 58.6 Å². The zero-order valence-corrected chi connectivity index (χ0v) is 10.3. The second kappa shape index (κ2) is 5.03. The molecule has 0 saturated heterocycles. The first-order valence-electron chi connectivity index (χ1n) is 4.97. The van der Waals surface area contributed by atoms with Gasteiger partial charge in [-0.3, -0.25) is 0 Å². The molecule has 2 N–H and O–H groups in total. The Kier molecular flexibility index (Phi) is 3.47. The second-order valence-corrected chi connectivity index (χ2v) is 4.30. The lowest BCUT2D eigenvalue weighted by Crippen LogP contribution is -1.96. The van der Waals surface area contributed by atoms with Gasteiger partial charge in [0.05, 0.1) is 0 Å². The molecule has 2 nitrogen and oxygen atoms in total. The largest absolute Gasteiger partial charge is 0.489 e. The highest BCUT2D eigenvalue weighted by molar-refractivity contribution is 9.10. The average Bonchev–Trinajstić information content (AvgIpc) is 2.30. The first kappa shape index (κ1) is 11.0. The van der Waals surface area contributed by atoms with E-state index >= 15 is 0 Å². The van der Waals surface area contributed by atoms with E-state index in [-0.39, 0.29) is 0 Å². The van der Waals surface area contributed by atoms with Crippen molar-refractivity contribution in [3.63, 3.8) is 0 Å². The average molecular weight is 278 g/mol. The molecule has 0 unspecified atom stereocenters. The summed E-state index contributed by atoms with van der Waals surface area (Å²) in [7, 11) is 0. The number of anilines is 1. The molecule has 0 radical (unpaired) electrons. The van der Waals surface area contributed by atoms with Crippen molar-refractivity contribution in [3.8, 4) is 5.75 Å². The topological polar surface area (TPSA) is 35.2 Å². The molecule has 0 amide bonds. The lowest BCUT2D eigenvalue weighted by Gasteiger charge is -2.07. The second-order valence-electron chi connectivity index (χ2n) is 3.45. The smallest absolute Gasteiger partial charge is 0.119 e. The molecule has 2 aromatic carbocycles. The highest BCUT2D eigenvalue weighted by Gasteiger charge is 1.99. The van der Waals surface area contributed by atoms with E-state index in [4.69, 9.17) is 10.5 Å². The number of nitrogens with two attached hydrogens (primary N) is 1. The summed E-state index contributed by atoms with van der Waals surface area (Å²) in [4.78, 5) is 0. The Bertz CT molecular complexity index is 468. The zero-order valence-electron chi connectivity index (χ0n) is 8.69. The van der Waals surface area contributed by atoms with Crippen LogP contribution in [-0.2, 0) is 6.61 Å². The predicted molar refractivity (Wildman–Crippen MR) is 69.3 cm³/mol. The van der Waals surface area contributed by atoms with Crippen molar-refractivity contribution < 1.29 is 4.74 Å². The van der Waals surface area contributed by atoms with Crippen molar-refractivity contribution in [2.24, 2.45) is 0 Å². The van der Waals surface area contributed by atoms with Gasteiger partial charge < -0.3 is 10.5 Å². The molecule has 82 valence electrons. The molecule has 0 spiro atoms. The third-order valence-electron chi connectivity index (χ3n) is 2.23. The van der Waals surface area contributed by atoms with E-state index in [9.17, 15) is 0 Å². The molecule has 2 aromatic rings. The van der Waals surface area contributed by atoms with Crippen molar-refractivity contribution in [1.29, 1.82) is 0 Å². The Morgan fingerprint density at radius 1 is 1.00 bits per heavy atom. The Labute approximate surface area is 103 Å². The summed E-state index contributed by atoms with van der Waals surface area (Å²) >= 11 is 3.48. The van der Waals surface area contributed by atoms with Crippen LogP contribution in [0.3, 0.4) is 0 Å². The first-order valence-corrected chi connectivity index (χ1v) is 5.77. The van der Waals surface area contributed by atoms with Crippen LogP contribution < -0.4 is 10.5 Å². The molecular formula is C13H12BrNO. The number of hydrogen-bond donors (Lipinski definition) is 1. The zero-order chi connectivity index (χ0) is 11.4. The minimum Gasteiger partial charge on any atom is -0.489 e. The number of halogens is 1. The Morgan fingerprint density at radius 2 is 1.69 bits per heavy atom. The molecule has 0 aromatic heterocycles. The van der Waals surface area contributed by atoms with Gasteiger partial charge in [-0.25, -0.2) is 0 Å². The molecule has 0 aliphatic heterocycles. The summed E-state index contributed by atoms with van der Waals surface area (Å²) in [5.41, 5.74) is 7.46. The fraction of sp³-hybridized carbons (Fsp3) is 0.0769. The SMILES string of the molecule is Nc1ccc(OCc2ccccc2Br)cc1. The fourth-order valence-electron chi connectivity index (χ4n) is 1.34. The maximum Gasteiger partial charge on any atom is 0.119 e. The quantitative estimate of drug-likeness (QED) is 0.870. The monoisotopic (exact) mass is 277 g/mol. The van der Waals surface area contributed by atoms with Crippen molar-refractivity contribution in [2.45, 2.75) is 6.61 Å². The predicted octanol–water partition coefficient (Wildman–Crippen LogP) is 3.61. The molecule has 0 fully saturated rings. The number of hydrogen-bond acceptors (Lipinski definition) is 2. The fourth-order valence-corrected chi connectivity index (χ4v) is 1.74. The van der Waals surface area contributed by atoms with Crippen molar-refractivity contribution in [1.82, 2.24) is 0 Å². The van der Waals surface area contributed by atoms with Gasteiger partial charge in [0.1, 0.15) is 12.4 Å². The van der Waals surface area contributed by atoms with Crippen molar-refractivity contribution >= 4 is 21.6 Å². The van der Waals surface area contributed by atoms with Crippen molar-refractivity contribution in [2.75, 3.05) is 5.73 Å². The van der Waals surface area contributed by atoms with Gasteiger partial charge in [0.25, 0.3) is 0 Å². The van der Waals surface area contributed by atoms with Crippen LogP contribution in [0.4, 0.5) is 5.69 Å². The minimum atomic E-state index is 0.547. The molecule has 0 aliphatic carbocycles. The molecule has 0 saturated carbocycles. The minimum absolute atomic E-state index is 0.547. The lowest BCUT2D eigenvalue weighted by molar-refractivity contribution is 0.305. The molecule has 3 heteroatoms. The van der Waals surface area contributed by atoms with Gasteiger partial charge >= 0.3 is 0 Å². The number of rotatable bonds is 3. The number of ether oxygens (including phenoxy) is 1. The van der Waals surface area contributed by atoms with E-state index in [0.717, 1.165) is 21.5 Å². The van der Waals surface area contributed by atoms with Crippen LogP contribution in [0, 0.1) is 0 Å². The van der Waals surface area contributed by atoms with Crippen LogP contribution in [0.5, 0.6) is 5.75 Å². The summed E-state index contributed by atoms with van der Waals surface area (Å²) in [5, 5.41) is 0. The van der Waals surface area contributed by atoms with Gasteiger partial charge in [0.15, 0.2) is 0 Å². The third kappa shape index (κ3) is 2.76. The van der Waals surface area contributed by atoms with Gasteiger partial charge in [-0.15, -0.1) is 0 Å². The van der Waals surface area contributed by atoms with E-state index in [0.29, 0.717) is 6.61 Å². The van der Waals surface area contributed by atoms with E-state index in [1.807, 2.05) is 48.5 Å². The summed E-state index contributed by atoms with van der Waals surface area (Å²) in [6.07, 6.45) is 0. The standard InChI is InChI=1S/C13H12BrNO/c14-13-4-2-1-3-10(13)9-16-12-7-5-11(15)6-8-12/h1-8H,9,15H2. The van der Waals surface area contributed by atoms with E-state index in [1.165, 1.54) is 0 Å².